The van der Waals surface area contributed by atoms with Crippen molar-refractivity contribution in [2.45, 2.75) is 26.3 Å². The Kier molecular flexibility index (Phi) is 4.71. The number of hydrogen-bond acceptors (Lipinski definition) is 3. The maximum absolute atomic E-state index is 12.2. The Bertz CT molecular complexity index is 446. The number of nitrogens with two attached hydrogens (primary N) is 1. The van der Waals surface area contributed by atoms with Gasteiger partial charge in [-0.05, 0) is 31.5 Å². The van der Waals surface area contributed by atoms with Crippen LogP contribution in [-0.4, -0.2) is 34.5 Å². The zero-order valence-electron chi connectivity index (χ0n) is 10.6. The van der Waals surface area contributed by atoms with Crippen LogP contribution in [0.2, 0.25) is 0 Å². The largest absolute Gasteiger partial charge is 0.480 e. The van der Waals surface area contributed by atoms with E-state index in [0.717, 1.165) is 0 Å². The van der Waals surface area contributed by atoms with Crippen LogP contribution < -0.4 is 5.73 Å². The zero-order valence-corrected chi connectivity index (χ0v) is 10.6. The lowest BCUT2D eigenvalue weighted by Crippen LogP contribution is -2.41. The molecule has 1 amide bonds. The number of anilines is 1. The average Bonchev–Trinajstić information content (AvgIpc) is 2.34. The highest BCUT2D eigenvalue weighted by Gasteiger charge is 2.22. The van der Waals surface area contributed by atoms with Crippen molar-refractivity contribution in [1.82, 2.24) is 4.90 Å². The Morgan fingerprint density at radius 3 is 2.61 bits per heavy atom. The molecule has 5 nitrogen and oxygen atoms in total. The van der Waals surface area contributed by atoms with Gasteiger partial charge in [-0.25, -0.2) is 0 Å². The van der Waals surface area contributed by atoms with E-state index < -0.39 is 5.97 Å². The van der Waals surface area contributed by atoms with Crippen LogP contribution in [0, 0.1) is 0 Å². The molecule has 1 aromatic carbocycles. The van der Waals surface area contributed by atoms with E-state index in [2.05, 4.69) is 0 Å². The van der Waals surface area contributed by atoms with Gasteiger partial charge in [0, 0.05) is 17.3 Å². The van der Waals surface area contributed by atoms with Crippen LogP contribution >= 0.6 is 0 Å². The van der Waals surface area contributed by atoms with Gasteiger partial charge < -0.3 is 15.7 Å². The Balaban J connectivity index is 2.98. The molecule has 1 atom stereocenters. The summed E-state index contributed by atoms with van der Waals surface area (Å²) in [6, 6.07) is 6.42. The molecule has 0 fully saturated rings. The fourth-order valence-electron chi connectivity index (χ4n) is 1.63. The van der Waals surface area contributed by atoms with E-state index in [1.165, 1.54) is 4.90 Å². The maximum atomic E-state index is 12.2. The quantitative estimate of drug-likeness (QED) is 0.777. The molecule has 0 aliphatic rings. The number of carbonyl (C=O) groups is 2. The van der Waals surface area contributed by atoms with E-state index in [4.69, 9.17) is 10.8 Å². The molecule has 0 aliphatic heterocycles. The lowest BCUT2D eigenvalue weighted by Gasteiger charge is -2.27. The summed E-state index contributed by atoms with van der Waals surface area (Å²) in [4.78, 5) is 24.4. The summed E-state index contributed by atoms with van der Waals surface area (Å²) < 4.78 is 0. The molecule has 1 rings (SSSR count). The minimum atomic E-state index is -1.02. The molecule has 0 radical (unpaired) electrons. The van der Waals surface area contributed by atoms with Crippen molar-refractivity contribution in [3.05, 3.63) is 29.8 Å². The van der Waals surface area contributed by atoms with E-state index in [-0.39, 0.29) is 18.5 Å². The number of nitrogens with zero attached hydrogens (tertiary/aromatic N) is 1. The molecule has 1 aromatic rings. The summed E-state index contributed by atoms with van der Waals surface area (Å²) in [5.74, 6) is -1.33. The predicted octanol–water partition coefficient (Wildman–Crippen LogP) is 1.59. The SMILES string of the molecule is CCC(C)N(CC(=O)O)C(=O)c1cccc(N)c1. The topological polar surface area (TPSA) is 83.6 Å². The van der Waals surface area contributed by atoms with Crippen LogP contribution in [0.1, 0.15) is 30.6 Å². The van der Waals surface area contributed by atoms with Gasteiger partial charge in [0.25, 0.3) is 5.91 Å². The first-order valence-corrected chi connectivity index (χ1v) is 5.84. The second kappa shape index (κ2) is 6.05. The Morgan fingerprint density at radius 2 is 2.11 bits per heavy atom. The van der Waals surface area contributed by atoms with Gasteiger partial charge in [0.2, 0.25) is 0 Å². The Labute approximate surface area is 106 Å². The summed E-state index contributed by atoms with van der Waals surface area (Å²) >= 11 is 0. The number of benzene rings is 1. The minimum Gasteiger partial charge on any atom is -0.480 e. The van der Waals surface area contributed by atoms with Crippen LogP contribution in [0.4, 0.5) is 5.69 Å². The molecule has 3 N–H and O–H groups in total. The molecular formula is C13H18N2O3. The summed E-state index contributed by atoms with van der Waals surface area (Å²) in [6.45, 7) is 3.43. The van der Waals surface area contributed by atoms with E-state index >= 15 is 0 Å². The lowest BCUT2D eigenvalue weighted by atomic mass is 10.1. The third-order valence-electron chi connectivity index (χ3n) is 2.82. The average molecular weight is 250 g/mol. The first-order chi connectivity index (χ1) is 8.45. The minimum absolute atomic E-state index is 0.130. The van der Waals surface area contributed by atoms with Gasteiger partial charge in [0.15, 0.2) is 0 Å². The first-order valence-electron chi connectivity index (χ1n) is 5.84. The van der Waals surface area contributed by atoms with Crippen molar-refractivity contribution in [2.75, 3.05) is 12.3 Å². The molecule has 18 heavy (non-hydrogen) atoms. The molecule has 0 bridgehead atoms. The number of rotatable bonds is 5. The van der Waals surface area contributed by atoms with Crippen molar-refractivity contribution in [3.8, 4) is 0 Å². The third kappa shape index (κ3) is 3.48. The molecule has 0 saturated heterocycles. The van der Waals surface area contributed by atoms with Crippen LogP contribution in [0.25, 0.3) is 0 Å². The van der Waals surface area contributed by atoms with Gasteiger partial charge >= 0.3 is 5.97 Å². The number of hydrogen-bond donors (Lipinski definition) is 2. The normalized spacial score (nSPS) is 11.9. The lowest BCUT2D eigenvalue weighted by molar-refractivity contribution is -0.138. The van der Waals surface area contributed by atoms with Crippen LogP contribution in [0.3, 0.4) is 0 Å². The number of carbonyl (C=O) groups excluding carboxylic acids is 1. The van der Waals surface area contributed by atoms with Crippen LogP contribution in [-0.2, 0) is 4.79 Å². The number of aliphatic carboxylic acids is 1. The Morgan fingerprint density at radius 1 is 1.44 bits per heavy atom. The highest BCUT2D eigenvalue weighted by atomic mass is 16.4. The van der Waals surface area contributed by atoms with Crippen molar-refractivity contribution >= 4 is 17.6 Å². The van der Waals surface area contributed by atoms with Gasteiger partial charge in [0.1, 0.15) is 6.54 Å². The third-order valence-corrected chi connectivity index (χ3v) is 2.82. The van der Waals surface area contributed by atoms with E-state index in [9.17, 15) is 9.59 Å². The molecule has 0 heterocycles. The van der Waals surface area contributed by atoms with Crippen LogP contribution in [0.15, 0.2) is 24.3 Å². The molecule has 0 aliphatic carbocycles. The highest BCUT2D eigenvalue weighted by molar-refractivity contribution is 5.96. The molecule has 1 unspecified atom stereocenters. The second-order valence-corrected chi connectivity index (χ2v) is 4.21. The second-order valence-electron chi connectivity index (χ2n) is 4.21. The summed E-state index contributed by atoms with van der Waals surface area (Å²) in [7, 11) is 0. The Hall–Kier alpha value is -2.04. The smallest absolute Gasteiger partial charge is 0.323 e. The standard InChI is InChI=1S/C13H18N2O3/c1-3-9(2)15(8-12(16)17)13(18)10-5-4-6-11(14)7-10/h4-7,9H,3,8,14H2,1-2H3,(H,16,17). The van der Waals surface area contributed by atoms with Gasteiger partial charge in [-0.1, -0.05) is 13.0 Å². The molecule has 98 valence electrons. The summed E-state index contributed by atoms with van der Waals surface area (Å²) in [6.07, 6.45) is 0.696. The number of amides is 1. The van der Waals surface area contributed by atoms with Crippen molar-refractivity contribution < 1.29 is 14.7 Å². The molecule has 0 saturated carbocycles. The van der Waals surface area contributed by atoms with Crippen LogP contribution in [0.5, 0.6) is 0 Å². The van der Waals surface area contributed by atoms with Gasteiger partial charge in [-0.3, -0.25) is 9.59 Å². The van der Waals surface area contributed by atoms with E-state index in [1.54, 1.807) is 24.3 Å². The van der Waals surface area contributed by atoms with Crippen molar-refractivity contribution in [1.29, 1.82) is 0 Å². The molecule has 5 heteroatoms. The van der Waals surface area contributed by atoms with Crippen molar-refractivity contribution in [2.24, 2.45) is 0 Å². The van der Waals surface area contributed by atoms with E-state index in [1.807, 2.05) is 13.8 Å². The summed E-state index contributed by atoms with van der Waals surface area (Å²) in [5.41, 5.74) is 6.52. The molecule has 0 spiro atoms. The summed E-state index contributed by atoms with van der Waals surface area (Å²) in [5, 5.41) is 8.86. The molecular weight excluding hydrogens is 232 g/mol. The maximum Gasteiger partial charge on any atom is 0.323 e. The number of carboxylic acids is 1. The van der Waals surface area contributed by atoms with Crippen molar-refractivity contribution in [3.63, 3.8) is 0 Å². The molecule has 0 aromatic heterocycles. The fraction of sp³-hybridized carbons (Fsp3) is 0.385. The number of carboxylic acid groups (broad SMARTS) is 1. The monoisotopic (exact) mass is 250 g/mol. The van der Waals surface area contributed by atoms with E-state index in [0.29, 0.717) is 17.7 Å². The number of nitrogen functional groups attached to an aromatic ring is 1. The predicted molar refractivity (Wildman–Crippen MR) is 69.3 cm³/mol. The zero-order chi connectivity index (χ0) is 13.7. The fourth-order valence-corrected chi connectivity index (χ4v) is 1.63. The van der Waals surface area contributed by atoms with Gasteiger partial charge in [-0.15, -0.1) is 0 Å². The van der Waals surface area contributed by atoms with Gasteiger partial charge in [-0.2, -0.15) is 0 Å². The highest BCUT2D eigenvalue weighted by Crippen LogP contribution is 2.13. The first kappa shape index (κ1) is 14.0. The van der Waals surface area contributed by atoms with Gasteiger partial charge in [0.05, 0.1) is 0 Å².